The predicted molar refractivity (Wildman–Crippen MR) is 99.1 cm³/mol. The number of allylic oxidation sites excluding steroid dienone is 7. The van der Waals surface area contributed by atoms with Crippen molar-refractivity contribution >= 4 is 5.71 Å². The molecule has 0 amide bonds. The number of fused-ring (bicyclic) bond motifs is 4. The lowest BCUT2D eigenvalue weighted by molar-refractivity contribution is 0.145. The second-order valence-corrected chi connectivity index (χ2v) is 6.59. The lowest BCUT2D eigenvalue weighted by atomic mass is 9.72. The molecule has 5 nitrogen and oxygen atoms in total. The molecule has 4 rings (SSSR count). The van der Waals surface area contributed by atoms with Crippen molar-refractivity contribution in [1.82, 2.24) is 0 Å². The average molecular weight is 353 g/mol. The maximum Gasteiger partial charge on any atom is 0.207 e. The van der Waals surface area contributed by atoms with Crippen LogP contribution in [0.5, 0.6) is 0 Å². The minimum absolute atomic E-state index is 0.107. The highest BCUT2D eigenvalue weighted by molar-refractivity contribution is 6.05. The Hall–Kier alpha value is -2.69. The van der Waals surface area contributed by atoms with Crippen molar-refractivity contribution in [2.45, 2.75) is 12.8 Å². The van der Waals surface area contributed by atoms with E-state index >= 15 is 0 Å². The summed E-state index contributed by atoms with van der Waals surface area (Å²) in [7, 11) is 6.52. The van der Waals surface area contributed by atoms with E-state index in [9.17, 15) is 0 Å². The zero-order valence-electron chi connectivity index (χ0n) is 15.5. The molecule has 1 heterocycles. The molecule has 0 spiro atoms. The van der Waals surface area contributed by atoms with Crippen LogP contribution < -0.4 is 0 Å². The van der Waals surface area contributed by atoms with Crippen molar-refractivity contribution in [3.8, 4) is 0 Å². The second-order valence-electron chi connectivity index (χ2n) is 6.59. The van der Waals surface area contributed by atoms with Crippen LogP contribution in [-0.2, 0) is 18.9 Å². The molecule has 26 heavy (non-hydrogen) atoms. The molecular formula is C21H23NO4. The Balaban J connectivity index is 1.92. The molecule has 136 valence electrons. The molecular weight excluding hydrogens is 330 g/mol. The first-order valence-corrected chi connectivity index (χ1v) is 8.74. The van der Waals surface area contributed by atoms with Crippen LogP contribution in [0.4, 0.5) is 0 Å². The molecule has 4 aliphatic rings. The Bertz CT molecular complexity index is 851. The molecule has 0 aromatic rings. The fraction of sp³-hybridized carbons (Fsp3) is 0.381. The van der Waals surface area contributed by atoms with E-state index in [-0.39, 0.29) is 5.92 Å². The molecule has 2 atom stereocenters. The predicted octanol–water partition coefficient (Wildman–Crippen LogP) is 3.80. The van der Waals surface area contributed by atoms with Crippen molar-refractivity contribution < 1.29 is 18.9 Å². The molecule has 0 saturated heterocycles. The van der Waals surface area contributed by atoms with Crippen LogP contribution in [0.25, 0.3) is 0 Å². The highest BCUT2D eigenvalue weighted by Gasteiger charge is 2.43. The Morgan fingerprint density at radius 3 is 2.38 bits per heavy atom. The minimum Gasteiger partial charge on any atom is -0.496 e. The largest absolute Gasteiger partial charge is 0.496 e. The van der Waals surface area contributed by atoms with Crippen LogP contribution in [0.3, 0.4) is 0 Å². The van der Waals surface area contributed by atoms with Gasteiger partial charge in [-0.3, -0.25) is 4.99 Å². The maximum absolute atomic E-state index is 5.79. The van der Waals surface area contributed by atoms with E-state index in [1.54, 1.807) is 28.4 Å². The van der Waals surface area contributed by atoms with Gasteiger partial charge < -0.3 is 18.9 Å². The molecule has 3 aliphatic carbocycles. The Morgan fingerprint density at radius 2 is 1.69 bits per heavy atom. The fourth-order valence-electron chi connectivity index (χ4n) is 4.19. The number of hydrogen-bond donors (Lipinski definition) is 0. The molecule has 0 aromatic carbocycles. The van der Waals surface area contributed by atoms with E-state index in [0.29, 0.717) is 23.2 Å². The molecule has 0 radical (unpaired) electrons. The number of methoxy groups -OCH3 is 4. The van der Waals surface area contributed by atoms with Gasteiger partial charge in [-0.25, -0.2) is 0 Å². The van der Waals surface area contributed by atoms with E-state index in [0.717, 1.165) is 35.5 Å². The third-order valence-electron chi connectivity index (χ3n) is 5.39. The van der Waals surface area contributed by atoms with Gasteiger partial charge in [0, 0.05) is 17.5 Å². The van der Waals surface area contributed by atoms with E-state index in [2.05, 4.69) is 24.3 Å². The van der Waals surface area contributed by atoms with Gasteiger partial charge in [0.1, 0.15) is 0 Å². The quantitative estimate of drug-likeness (QED) is 0.771. The third-order valence-corrected chi connectivity index (χ3v) is 5.39. The normalized spacial score (nSPS) is 26.6. The van der Waals surface area contributed by atoms with Crippen molar-refractivity contribution in [3.05, 3.63) is 70.3 Å². The van der Waals surface area contributed by atoms with E-state index in [1.807, 2.05) is 6.20 Å². The van der Waals surface area contributed by atoms with Gasteiger partial charge in [-0.05, 0) is 29.9 Å². The Kier molecular flexibility index (Phi) is 4.23. The topological polar surface area (TPSA) is 49.3 Å². The van der Waals surface area contributed by atoms with Crippen LogP contribution in [-0.4, -0.2) is 34.2 Å². The van der Waals surface area contributed by atoms with Gasteiger partial charge in [-0.2, -0.15) is 0 Å². The maximum atomic E-state index is 5.79. The summed E-state index contributed by atoms with van der Waals surface area (Å²) < 4.78 is 22.7. The highest BCUT2D eigenvalue weighted by atomic mass is 16.5. The summed E-state index contributed by atoms with van der Waals surface area (Å²) in [5.74, 6) is 2.85. The highest BCUT2D eigenvalue weighted by Crippen LogP contribution is 2.48. The Morgan fingerprint density at radius 1 is 0.923 bits per heavy atom. The molecule has 0 bridgehead atoms. The smallest absolute Gasteiger partial charge is 0.207 e. The minimum atomic E-state index is -0.107. The summed E-state index contributed by atoms with van der Waals surface area (Å²) in [6.45, 7) is 0. The zero-order valence-corrected chi connectivity index (χ0v) is 15.5. The monoisotopic (exact) mass is 353 g/mol. The van der Waals surface area contributed by atoms with E-state index in [4.69, 9.17) is 23.9 Å². The number of ether oxygens (including phenoxy) is 4. The van der Waals surface area contributed by atoms with Gasteiger partial charge in [0.15, 0.2) is 11.5 Å². The van der Waals surface area contributed by atoms with Crippen molar-refractivity contribution in [1.29, 1.82) is 0 Å². The number of nitrogens with zero attached hydrogens (tertiary/aromatic N) is 1. The standard InChI is InChI=1S/C21H23NO4/c1-23-18-15-11-22-16-10-13-8-6-5-7-12(13)9-14(16)17(15)19(24-2)21(26-4)20(18)25-3/h5-7,9,11,13,17H,8,10H2,1-4H3. The van der Waals surface area contributed by atoms with Crippen LogP contribution >= 0.6 is 0 Å². The fourth-order valence-corrected chi connectivity index (χ4v) is 4.19. The molecule has 1 aliphatic heterocycles. The van der Waals surface area contributed by atoms with Crippen LogP contribution in [0.15, 0.2) is 75.3 Å². The van der Waals surface area contributed by atoms with Gasteiger partial charge in [-0.1, -0.05) is 24.3 Å². The first kappa shape index (κ1) is 16.8. The number of aliphatic imine (C=N–C) groups is 1. The van der Waals surface area contributed by atoms with Crippen molar-refractivity contribution in [2.75, 3.05) is 28.4 Å². The summed E-state index contributed by atoms with van der Waals surface area (Å²) in [6.07, 6.45) is 12.7. The summed E-state index contributed by atoms with van der Waals surface area (Å²) in [5, 5.41) is 0. The average Bonchev–Trinajstić information content (AvgIpc) is 2.69. The summed E-state index contributed by atoms with van der Waals surface area (Å²) in [6, 6.07) is 0. The van der Waals surface area contributed by atoms with Crippen molar-refractivity contribution in [2.24, 2.45) is 16.8 Å². The lowest BCUT2D eigenvalue weighted by Crippen LogP contribution is -2.32. The number of rotatable bonds is 4. The molecule has 0 aromatic heterocycles. The zero-order chi connectivity index (χ0) is 18.3. The van der Waals surface area contributed by atoms with E-state index in [1.165, 1.54) is 5.57 Å². The van der Waals surface area contributed by atoms with Crippen LogP contribution in [0.2, 0.25) is 0 Å². The SMILES string of the molecule is COC1=C(OC)C(OC)=C(OC)C2C3=CC4=CC=CCC4CC3=NC=C12. The van der Waals surface area contributed by atoms with E-state index < -0.39 is 0 Å². The first-order chi connectivity index (χ1) is 12.7. The lowest BCUT2D eigenvalue weighted by Gasteiger charge is -2.37. The summed E-state index contributed by atoms with van der Waals surface area (Å²) in [4.78, 5) is 4.76. The van der Waals surface area contributed by atoms with Gasteiger partial charge in [0.25, 0.3) is 0 Å². The second kappa shape index (κ2) is 6.56. The van der Waals surface area contributed by atoms with Crippen molar-refractivity contribution in [3.63, 3.8) is 0 Å². The molecule has 2 unspecified atom stereocenters. The molecule has 0 saturated carbocycles. The van der Waals surface area contributed by atoms with Crippen LogP contribution in [0.1, 0.15) is 12.8 Å². The molecule has 5 heteroatoms. The van der Waals surface area contributed by atoms with Crippen LogP contribution in [0, 0.1) is 11.8 Å². The van der Waals surface area contributed by atoms with Gasteiger partial charge in [0.05, 0.1) is 34.4 Å². The Labute approximate surface area is 153 Å². The van der Waals surface area contributed by atoms with Gasteiger partial charge >= 0.3 is 0 Å². The third kappa shape index (κ3) is 2.34. The summed E-state index contributed by atoms with van der Waals surface area (Å²) in [5.41, 5.74) is 4.54. The summed E-state index contributed by atoms with van der Waals surface area (Å²) >= 11 is 0. The number of hydrogen-bond acceptors (Lipinski definition) is 5. The van der Waals surface area contributed by atoms with Gasteiger partial charge in [-0.15, -0.1) is 0 Å². The molecule has 0 fully saturated rings. The molecule has 0 N–H and O–H groups in total. The van der Waals surface area contributed by atoms with Gasteiger partial charge in [0.2, 0.25) is 11.5 Å². The first-order valence-electron chi connectivity index (χ1n) is 8.74.